The van der Waals surface area contributed by atoms with E-state index in [1.807, 2.05) is 0 Å². The van der Waals surface area contributed by atoms with E-state index >= 15 is 0 Å². The topological polar surface area (TPSA) is 75.6 Å². The van der Waals surface area contributed by atoms with Gasteiger partial charge < -0.3 is 15.2 Å². The number of amides is 1. The summed E-state index contributed by atoms with van der Waals surface area (Å²) in [6, 6.07) is 8.17. The zero-order valence-corrected chi connectivity index (χ0v) is 15.3. The highest BCUT2D eigenvalue weighted by molar-refractivity contribution is 6.32. The van der Waals surface area contributed by atoms with Crippen molar-refractivity contribution in [3.63, 3.8) is 0 Å². The normalized spacial score (nSPS) is 11.5. The molecule has 2 N–H and O–H groups in total. The molecule has 0 saturated heterocycles. The van der Waals surface area contributed by atoms with Crippen LogP contribution in [-0.2, 0) is 4.79 Å². The minimum absolute atomic E-state index is 0.0871. The SMILES string of the molecule is CCC(=O)Nc1ccc(C=Cc2ccc(OC(F)(F)F)c(Cl)c2)cc1C(=O)O. The summed E-state index contributed by atoms with van der Waals surface area (Å²) < 4.78 is 40.6. The van der Waals surface area contributed by atoms with Gasteiger partial charge in [0.1, 0.15) is 5.75 Å². The summed E-state index contributed by atoms with van der Waals surface area (Å²) in [5.74, 6) is -2.05. The minimum atomic E-state index is -4.84. The molecule has 0 aliphatic carbocycles. The number of hydrogen-bond donors (Lipinski definition) is 2. The molecule has 0 aliphatic heterocycles. The third kappa shape index (κ3) is 6.02. The Bertz CT molecular complexity index is 926. The Kier molecular flexibility index (Phi) is 6.69. The van der Waals surface area contributed by atoms with Gasteiger partial charge in [-0.2, -0.15) is 0 Å². The molecular weight excluding hydrogens is 399 g/mol. The Balaban J connectivity index is 2.24. The molecule has 0 aliphatic rings. The van der Waals surface area contributed by atoms with E-state index in [1.54, 1.807) is 25.1 Å². The van der Waals surface area contributed by atoms with E-state index in [2.05, 4.69) is 10.1 Å². The van der Waals surface area contributed by atoms with Crippen LogP contribution >= 0.6 is 11.6 Å². The molecule has 0 spiro atoms. The summed E-state index contributed by atoms with van der Waals surface area (Å²) in [6.45, 7) is 1.64. The molecule has 2 rings (SSSR count). The van der Waals surface area contributed by atoms with Gasteiger partial charge in [-0.3, -0.25) is 4.79 Å². The Hall–Kier alpha value is -3.00. The van der Waals surface area contributed by atoms with E-state index in [0.29, 0.717) is 11.1 Å². The van der Waals surface area contributed by atoms with Crippen molar-refractivity contribution in [3.05, 3.63) is 58.1 Å². The molecule has 28 heavy (non-hydrogen) atoms. The monoisotopic (exact) mass is 413 g/mol. The van der Waals surface area contributed by atoms with E-state index in [-0.39, 0.29) is 28.6 Å². The maximum absolute atomic E-state index is 12.3. The standard InChI is InChI=1S/C19H15ClF3NO4/c1-2-17(25)24-15-7-5-11(9-13(15)18(26)27)3-4-12-6-8-16(14(20)10-12)28-19(21,22)23/h3-10H,2H2,1H3,(H,24,25)(H,26,27). The van der Waals surface area contributed by atoms with Crippen LogP contribution in [0.15, 0.2) is 36.4 Å². The molecule has 2 aromatic rings. The molecule has 0 fully saturated rings. The van der Waals surface area contributed by atoms with Crippen molar-refractivity contribution < 1.29 is 32.6 Å². The van der Waals surface area contributed by atoms with Gasteiger partial charge in [-0.1, -0.05) is 42.8 Å². The minimum Gasteiger partial charge on any atom is -0.478 e. The highest BCUT2D eigenvalue weighted by Gasteiger charge is 2.31. The number of carbonyl (C=O) groups is 2. The number of aromatic carboxylic acids is 1. The van der Waals surface area contributed by atoms with Gasteiger partial charge in [-0.15, -0.1) is 13.2 Å². The van der Waals surface area contributed by atoms with Gasteiger partial charge in [0, 0.05) is 6.42 Å². The lowest BCUT2D eigenvalue weighted by atomic mass is 10.1. The second-order valence-electron chi connectivity index (χ2n) is 5.58. The van der Waals surface area contributed by atoms with E-state index in [1.165, 1.54) is 24.3 Å². The fraction of sp³-hybridized carbons (Fsp3) is 0.158. The number of nitrogens with one attached hydrogen (secondary N) is 1. The van der Waals surface area contributed by atoms with Crippen LogP contribution in [-0.4, -0.2) is 23.3 Å². The Labute approximate surface area is 163 Å². The molecule has 0 radical (unpaired) electrons. The van der Waals surface area contributed by atoms with Crippen molar-refractivity contribution in [1.82, 2.24) is 0 Å². The van der Waals surface area contributed by atoms with Crippen LogP contribution < -0.4 is 10.1 Å². The van der Waals surface area contributed by atoms with Crippen LogP contribution in [0.2, 0.25) is 5.02 Å². The van der Waals surface area contributed by atoms with Crippen molar-refractivity contribution in [1.29, 1.82) is 0 Å². The van der Waals surface area contributed by atoms with Crippen LogP contribution in [0, 0.1) is 0 Å². The van der Waals surface area contributed by atoms with E-state index in [0.717, 1.165) is 6.07 Å². The van der Waals surface area contributed by atoms with Crippen LogP contribution in [0.5, 0.6) is 5.75 Å². The average Bonchev–Trinajstić information content (AvgIpc) is 2.61. The lowest BCUT2D eigenvalue weighted by Crippen LogP contribution is -2.17. The number of ether oxygens (including phenoxy) is 1. The largest absolute Gasteiger partial charge is 0.573 e. The first-order chi connectivity index (χ1) is 13.1. The second kappa shape index (κ2) is 8.79. The fourth-order valence-electron chi connectivity index (χ4n) is 2.21. The number of carbonyl (C=O) groups excluding carboxylic acids is 1. The number of rotatable bonds is 6. The molecule has 5 nitrogen and oxygen atoms in total. The van der Waals surface area contributed by atoms with Crippen LogP contribution in [0.25, 0.3) is 12.2 Å². The second-order valence-corrected chi connectivity index (χ2v) is 5.99. The van der Waals surface area contributed by atoms with Crippen molar-refractivity contribution >= 4 is 41.3 Å². The van der Waals surface area contributed by atoms with E-state index in [4.69, 9.17) is 11.6 Å². The van der Waals surface area contributed by atoms with Crippen LogP contribution in [0.4, 0.5) is 18.9 Å². The van der Waals surface area contributed by atoms with Crippen LogP contribution in [0.3, 0.4) is 0 Å². The first-order valence-corrected chi connectivity index (χ1v) is 8.37. The summed E-state index contributed by atoms with van der Waals surface area (Å²) in [6.07, 6.45) is -1.53. The van der Waals surface area contributed by atoms with Gasteiger partial charge in [0.2, 0.25) is 5.91 Å². The Morgan fingerprint density at radius 1 is 1.14 bits per heavy atom. The predicted octanol–water partition coefficient (Wildman–Crippen LogP) is 5.46. The molecule has 0 heterocycles. The molecule has 0 bridgehead atoms. The summed E-state index contributed by atoms with van der Waals surface area (Å²) in [4.78, 5) is 22.9. The average molecular weight is 414 g/mol. The quantitative estimate of drug-likeness (QED) is 0.617. The van der Waals surface area contributed by atoms with Gasteiger partial charge >= 0.3 is 12.3 Å². The number of carboxylic acid groups (broad SMARTS) is 1. The lowest BCUT2D eigenvalue weighted by molar-refractivity contribution is -0.274. The number of carboxylic acids is 1. The molecule has 0 unspecified atom stereocenters. The Morgan fingerprint density at radius 3 is 2.29 bits per heavy atom. The molecule has 0 aromatic heterocycles. The van der Waals surface area contributed by atoms with E-state index in [9.17, 15) is 27.9 Å². The number of alkyl halides is 3. The van der Waals surface area contributed by atoms with Crippen molar-refractivity contribution in [3.8, 4) is 5.75 Å². The smallest absolute Gasteiger partial charge is 0.478 e. The summed E-state index contributed by atoms with van der Waals surface area (Å²) in [5, 5.41) is 11.6. The fourth-order valence-corrected chi connectivity index (χ4v) is 2.44. The van der Waals surface area contributed by atoms with Gasteiger partial charge in [0.05, 0.1) is 16.3 Å². The molecule has 0 atom stereocenters. The predicted molar refractivity (Wildman–Crippen MR) is 99.4 cm³/mol. The molecular formula is C19H15ClF3NO4. The van der Waals surface area contributed by atoms with Crippen molar-refractivity contribution in [2.45, 2.75) is 19.7 Å². The Morgan fingerprint density at radius 2 is 1.75 bits per heavy atom. The van der Waals surface area contributed by atoms with Crippen molar-refractivity contribution in [2.24, 2.45) is 0 Å². The lowest BCUT2D eigenvalue weighted by Gasteiger charge is -2.10. The summed E-state index contributed by atoms with van der Waals surface area (Å²) >= 11 is 5.79. The third-order valence-electron chi connectivity index (χ3n) is 3.52. The van der Waals surface area contributed by atoms with Gasteiger partial charge in [-0.05, 0) is 35.4 Å². The molecule has 0 saturated carbocycles. The first-order valence-electron chi connectivity index (χ1n) is 7.99. The maximum Gasteiger partial charge on any atom is 0.573 e. The number of anilines is 1. The highest BCUT2D eigenvalue weighted by Crippen LogP contribution is 2.31. The van der Waals surface area contributed by atoms with Crippen LogP contribution in [0.1, 0.15) is 34.8 Å². The number of hydrogen-bond acceptors (Lipinski definition) is 3. The number of halogens is 4. The molecule has 9 heteroatoms. The summed E-state index contributed by atoms with van der Waals surface area (Å²) in [7, 11) is 0. The van der Waals surface area contributed by atoms with E-state index < -0.39 is 18.1 Å². The summed E-state index contributed by atoms with van der Waals surface area (Å²) in [5.41, 5.74) is 1.09. The highest BCUT2D eigenvalue weighted by atomic mass is 35.5. The first kappa shape index (κ1) is 21.3. The number of benzene rings is 2. The molecule has 148 valence electrons. The van der Waals surface area contributed by atoms with Gasteiger partial charge in [-0.25, -0.2) is 4.79 Å². The zero-order valence-electron chi connectivity index (χ0n) is 14.5. The molecule has 1 amide bonds. The van der Waals surface area contributed by atoms with Gasteiger partial charge in [0.15, 0.2) is 0 Å². The third-order valence-corrected chi connectivity index (χ3v) is 3.81. The van der Waals surface area contributed by atoms with Crippen molar-refractivity contribution in [2.75, 3.05) is 5.32 Å². The zero-order chi connectivity index (χ0) is 20.9. The molecule has 2 aromatic carbocycles. The van der Waals surface area contributed by atoms with Gasteiger partial charge in [0.25, 0.3) is 0 Å². The maximum atomic E-state index is 12.3.